The normalized spacial score (nSPS) is 11.3. The Bertz CT molecular complexity index is 818. The molecular weight excluding hydrogens is 390 g/mol. The van der Waals surface area contributed by atoms with Gasteiger partial charge in [-0.15, -0.1) is 0 Å². The van der Waals surface area contributed by atoms with E-state index >= 15 is 0 Å². The van der Waals surface area contributed by atoms with Gasteiger partial charge < -0.3 is 24.3 Å². The van der Waals surface area contributed by atoms with Crippen LogP contribution in [0.2, 0.25) is 0 Å². The van der Waals surface area contributed by atoms with E-state index < -0.39 is 30.0 Å². The van der Waals surface area contributed by atoms with Crippen LogP contribution in [0.25, 0.3) is 0 Å². The molecule has 0 saturated carbocycles. The first-order valence-corrected chi connectivity index (χ1v) is 9.50. The second-order valence-electron chi connectivity index (χ2n) is 6.08. The van der Waals surface area contributed by atoms with Crippen LogP contribution in [0.1, 0.15) is 25.5 Å². The van der Waals surface area contributed by atoms with E-state index in [0.717, 1.165) is 0 Å². The summed E-state index contributed by atoms with van der Waals surface area (Å²) in [5, 5.41) is 2.60. The van der Waals surface area contributed by atoms with E-state index in [4.69, 9.17) is 18.9 Å². The zero-order valence-electron chi connectivity index (χ0n) is 17.1. The molecular formula is C22H25NO7. The van der Waals surface area contributed by atoms with Crippen molar-refractivity contribution in [1.82, 2.24) is 5.32 Å². The zero-order chi connectivity index (χ0) is 21.9. The van der Waals surface area contributed by atoms with Crippen LogP contribution >= 0.6 is 0 Å². The van der Waals surface area contributed by atoms with Gasteiger partial charge in [0.15, 0.2) is 5.92 Å². The summed E-state index contributed by atoms with van der Waals surface area (Å²) in [7, 11) is 1.53. The minimum Gasteiger partial charge on any atom is -0.497 e. The van der Waals surface area contributed by atoms with Gasteiger partial charge in [0.25, 0.3) is 0 Å². The van der Waals surface area contributed by atoms with E-state index in [1.165, 1.54) is 7.11 Å². The van der Waals surface area contributed by atoms with Gasteiger partial charge in [-0.1, -0.05) is 30.3 Å². The molecule has 2 aromatic carbocycles. The molecule has 0 saturated heterocycles. The fourth-order valence-electron chi connectivity index (χ4n) is 2.76. The second kappa shape index (κ2) is 11.5. The summed E-state index contributed by atoms with van der Waals surface area (Å²) in [6, 6.07) is 13.9. The van der Waals surface area contributed by atoms with Crippen LogP contribution in [0.15, 0.2) is 54.6 Å². The third kappa shape index (κ3) is 6.23. The Morgan fingerprint density at radius 1 is 0.833 bits per heavy atom. The zero-order valence-corrected chi connectivity index (χ0v) is 17.1. The first kappa shape index (κ1) is 22.7. The average Bonchev–Trinajstić information content (AvgIpc) is 2.75. The van der Waals surface area contributed by atoms with Gasteiger partial charge in [0, 0.05) is 0 Å². The van der Waals surface area contributed by atoms with Gasteiger partial charge in [0.2, 0.25) is 0 Å². The van der Waals surface area contributed by atoms with Gasteiger partial charge >= 0.3 is 18.0 Å². The van der Waals surface area contributed by atoms with Gasteiger partial charge in [-0.2, -0.15) is 0 Å². The summed E-state index contributed by atoms with van der Waals surface area (Å²) >= 11 is 0. The molecule has 0 spiro atoms. The van der Waals surface area contributed by atoms with E-state index in [0.29, 0.717) is 11.3 Å². The van der Waals surface area contributed by atoms with Crippen molar-refractivity contribution in [1.29, 1.82) is 0 Å². The molecule has 0 unspecified atom stereocenters. The Morgan fingerprint density at radius 3 is 1.87 bits per heavy atom. The maximum Gasteiger partial charge on any atom is 0.413 e. The van der Waals surface area contributed by atoms with Gasteiger partial charge in [-0.3, -0.25) is 9.59 Å². The van der Waals surface area contributed by atoms with Crippen LogP contribution in [0.3, 0.4) is 0 Å². The van der Waals surface area contributed by atoms with Crippen LogP contribution in [0.4, 0.5) is 4.79 Å². The fourth-order valence-corrected chi connectivity index (χ4v) is 2.76. The van der Waals surface area contributed by atoms with Crippen molar-refractivity contribution in [3.8, 4) is 11.5 Å². The maximum absolute atomic E-state index is 12.6. The summed E-state index contributed by atoms with van der Waals surface area (Å²) in [5.41, 5.74) is 0.523. The summed E-state index contributed by atoms with van der Waals surface area (Å²) < 4.78 is 20.5. The summed E-state index contributed by atoms with van der Waals surface area (Å²) in [5.74, 6) is -2.11. The van der Waals surface area contributed by atoms with Crippen molar-refractivity contribution in [2.75, 3.05) is 20.3 Å². The van der Waals surface area contributed by atoms with Crippen LogP contribution in [0.5, 0.6) is 11.5 Å². The largest absolute Gasteiger partial charge is 0.497 e. The first-order valence-electron chi connectivity index (χ1n) is 9.50. The Labute approximate surface area is 175 Å². The minimum absolute atomic E-state index is 0.0759. The molecule has 2 aromatic rings. The molecule has 0 fully saturated rings. The number of ether oxygens (including phenoxy) is 4. The molecule has 8 nitrogen and oxygen atoms in total. The Morgan fingerprint density at radius 2 is 1.37 bits per heavy atom. The van der Waals surface area contributed by atoms with Gasteiger partial charge in [0.05, 0.1) is 26.4 Å². The van der Waals surface area contributed by atoms with Crippen LogP contribution in [0, 0.1) is 5.92 Å². The standard InChI is InChI=1S/C22H25NO7/c1-4-28-20(24)18(21(25)29-5-2)19(15-9-7-6-8-10-15)23-22(26)30-17-13-11-16(27-3)12-14-17/h6-14,18-19H,4-5H2,1-3H3,(H,23,26)/t19-/m0/s1. The highest BCUT2D eigenvalue weighted by Crippen LogP contribution is 2.26. The molecule has 160 valence electrons. The van der Waals surface area contributed by atoms with E-state index in [9.17, 15) is 14.4 Å². The molecule has 0 aliphatic heterocycles. The smallest absolute Gasteiger partial charge is 0.413 e. The van der Waals surface area contributed by atoms with E-state index in [1.807, 2.05) is 0 Å². The summed E-state index contributed by atoms with van der Waals surface area (Å²) in [6.45, 7) is 3.41. The molecule has 0 aromatic heterocycles. The van der Waals surface area contributed by atoms with E-state index in [-0.39, 0.29) is 19.0 Å². The minimum atomic E-state index is -1.39. The number of hydrogen-bond donors (Lipinski definition) is 1. The molecule has 0 aliphatic rings. The van der Waals surface area contributed by atoms with E-state index in [1.54, 1.807) is 68.4 Å². The number of amides is 1. The fraction of sp³-hybridized carbons (Fsp3) is 0.318. The van der Waals surface area contributed by atoms with Gasteiger partial charge in [-0.25, -0.2) is 4.79 Å². The molecule has 1 N–H and O–H groups in total. The lowest BCUT2D eigenvalue weighted by atomic mass is 9.93. The lowest BCUT2D eigenvalue weighted by Crippen LogP contribution is -2.43. The molecule has 0 bridgehead atoms. The van der Waals surface area contributed by atoms with Crippen molar-refractivity contribution < 1.29 is 33.3 Å². The Hall–Kier alpha value is -3.55. The molecule has 1 atom stereocenters. The summed E-state index contributed by atoms with van der Waals surface area (Å²) in [6.07, 6.45) is -0.840. The highest BCUT2D eigenvalue weighted by atomic mass is 16.6. The van der Waals surface area contributed by atoms with Crippen molar-refractivity contribution in [3.05, 3.63) is 60.2 Å². The number of hydrogen-bond acceptors (Lipinski definition) is 7. The first-order chi connectivity index (χ1) is 14.5. The van der Waals surface area contributed by atoms with Crippen LogP contribution < -0.4 is 14.8 Å². The number of rotatable bonds is 9. The molecule has 0 aliphatic carbocycles. The predicted octanol–water partition coefficient (Wildman–Crippen LogP) is 3.27. The van der Waals surface area contributed by atoms with Crippen LogP contribution in [-0.2, 0) is 19.1 Å². The number of methoxy groups -OCH3 is 1. The number of benzene rings is 2. The Balaban J connectivity index is 2.29. The SMILES string of the molecule is CCOC(=O)C(C(=O)OCC)[C@@H](NC(=O)Oc1ccc(OC)cc1)c1ccccc1. The van der Waals surface area contributed by atoms with Crippen molar-refractivity contribution in [3.63, 3.8) is 0 Å². The number of esters is 2. The maximum atomic E-state index is 12.6. The third-order valence-electron chi connectivity index (χ3n) is 4.12. The van der Waals surface area contributed by atoms with Gasteiger partial charge in [0.1, 0.15) is 11.5 Å². The van der Waals surface area contributed by atoms with Crippen molar-refractivity contribution in [2.45, 2.75) is 19.9 Å². The van der Waals surface area contributed by atoms with Gasteiger partial charge in [-0.05, 0) is 43.7 Å². The lowest BCUT2D eigenvalue weighted by molar-refractivity contribution is -0.163. The predicted molar refractivity (Wildman–Crippen MR) is 108 cm³/mol. The summed E-state index contributed by atoms with van der Waals surface area (Å²) in [4.78, 5) is 37.7. The van der Waals surface area contributed by atoms with Crippen LogP contribution in [-0.4, -0.2) is 38.4 Å². The molecule has 8 heteroatoms. The highest BCUT2D eigenvalue weighted by molar-refractivity contribution is 5.96. The van der Waals surface area contributed by atoms with Crippen molar-refractivity contribution in [2.24, 2.45) is 5.92 Å². The molecule has 0 radical (unpaired) electrons. The quantitative estimate of drug-likeness (QED) is 0.496. The van der Waals surface area contributed by atoms with E-state index in [2.05, 4.69) is 5.32 Å². The number of nitrogens with one attached hydrogen (secondary N) is 1. The lowest BCUT2D eigenvalue weighted by Gasteiger charge is -2.25. The Kier molecular flexibility index (Phi) is 8.68. The molecule has 30 heavy (non-hydrogen) atoms. The number of carbonyl (C=O) groups is 3. The third-order valence-corrected chi connectivity index (χ3v) is 4.12. The monoisotopic (exact) mass is 415 g/mol. The average molecular weight is 415 g/mol. The van der Waals surface area contributed by atoms with Crippen molar-refractivity contribution >= 4 is 18.0 Å². The highest BCUT2D eigenvalue weighted by Gasteiger charge is 2.39. The molecule has 0 heterocycles. The molecule has 1 amide bonds. The topological polar surface area (TPSA) is 100 Å². The molecule has 2 rings (SSSR count). The number of carbonyl (C=O) groups excluding carboxylic acids is 3. The second-order valence-corrected chi connectivity index (χ2v) is 6.08.